The van der Waals surface area contributed by atoms with Gasteiger partial charge in [0.2, 0.25) is 0 Å². The molecule has 0 aliphatic heterocycles. The van der Waals surface area contributed by atoms with Crippen molar-refractivity contribution in [2.45, 2.75) is 0 Å². The summed E-state index contributed by atoms with van der Waals surface area (Å²) in [5.41, 5.74) is 0.498. The Bertz CT molecular complexity index is 750. The maximum absolute atomic E-state index is 13.5. The third-order valence-electron chi connectivity index (χ3n) is 2.65. The molecule has 0 fully saturated rings. The molecule has 1 amide bonds. The Morgan fingerprint density at radius 2 is 2.00 bits per heavy atom. The number of halogens is 2. The smallest absolute Gasteiger partial charge is 0.266 e. The van der Waals surface area contributed by atoms with Crippen LogP contribution in [-0.2, 0) is 4.79 Å². The second-order valence-corrected chi connectivity index (χ2v) is 4.60. The van der Waals surface area contributed by atoms with Crippen molar-refractivity contribution in [2.24, 2.45) is 0 Å². The first-order valence-corrected chi connectivity index (χ1v) is 6.41. The van der Waals surface area contributed by atoms with E-state index in [0.29, 0.717) is 10.6 Å². The zero-order valence-electron chi connectivity index (χ0n) is 10.8. The first-order valence-electron chi connectivity index (χ1n) is 6.03. The van der Waals surface area contributed by atoms with Gasteiger partial charge in [-0.1, -0.05) is 35.9 Å². The topological polar surface area (TPSA) is 52.9 Å². The fraction of sp³-hybridized carbons (Fsp3) is 0. The summed E-state index contributed by atoms with van der Waals surface area (Å²) in [5.74, 6) is -1.24. The number of benzene rings is 2. The molecular formula is C16H10ClFN2O. The van der Waals surface area contributed by atoms with E-state index in [-0.39, 0.29) is 11.3 Å². The lowest BCUT2D eigenvalue weighted by atomic mass is 10.1. The van der Waals surface area contributed by atoms with Crippen molar-refractivity contribution >= 4 is 29.3 Å². The summed E-state index contributed by atoms with van der Waals surface area (Å²) < 4.78 is 13.5. The van der Waals surface area contributed by atoms with Gasteiger partial charge in [0.1, 0.15) is 17.5 Å². The van der Waals surface area contributed by atoms with E-state index in [1.807, 2.05) is 0 Å². The lowest BCUT2D eigenvalue weighted by Gasteiger charge is -2.05. The average Bonchev–Trinajstić information content (AvgIpc) is 2.47. The summed E-state index contributed by atoms with van der Waals surface area (Å²) >= 11 is 5.84. The Balaban J connectivity index is 2.24. The molecule has 0 saturated heterocycles. The zero-order valence-corrected chi connectivity index (χ0v) is 11.6. The highest BCUT2D eigenvalue weighted by Gasteiger charge is 2.11. The monoisotopic (exact) mass is 300 g/mol. The van der Waals surface area contributed by atoms with Crippen LogP contribution < -0.4 is 5.32 Å². The molecule has 0 aliphatic rings. The van der Waals surface area contributed by atoms with Gasteiger partial charge in [0, 0.05) is 5.02 Å². The number of amides is 1. The van der Waals surface area contributed by atoms with Crippen molar-refractivity contribution in [1.82, 2.24) is 0 Å². The first-order chi connectivity index (χ1) is 10.1. The standard InChI is InChI=1S/C16H10ClFN2O/c17-13-5-3-4-11(9-13)8-12(10-19)16(21)20-15-7-2-1-6-14(15)18/h1-9H,(H,20,21)/b12-8-. The molecule has 5 heteroatoms. The van der Waals surface area contributed by atoms with Gasteiger partial charge in [0.05, 0.1) is 5.69 Å². The van der Waals surface area contributed by atoms with Crippen LogP contribution in [-0.4, -0.2) is 5.91 Å². The lowest BCUT2D eigenvalue weighted by Crippen LogP contribution is -2.14. The molecule has 0 saturated carbocycles. The molecule has 2 aromatic carbocycles. The highest BCUT2D eigenvalue weighted by atomic mass is 35.5. The molecule has 2 rings (SSSR count). The molecule has 21 heavy (non-hydrogen) atoms. The molecule has 0 aliphatic carbocycles. The van der Waals surface area contributed by atoms with E-state index in [9.17, 15) is 9.18 Å². The van der Waals surface area contributed by atoms with E-state index in [1.54, 1.807) is 36.4 Å². The van der Waals surface area contributed by atoms with Gasteiger partial charge in [-0.2, -0.15) is 5.26 Å². The summed E-state index contributed by atoms with van der Waals surface area (Å²) in [5, 5.41) is 11.9. The predicted octanol–water partition coefficient (Wildman–Crippen LogP) is 4.02. The molecule has 3 nitrogen and oxygen atoms in total. The minimum Gasteiger partial charge on any atom is -0.319 e. The number of nitrogens with zero attached hydrogens (tertiary/aromatic N) is 1. The van der Waals surface area contributed by atoms with E-state index in [1.165, 1.54) is 24.3 Å². The Kier molecular flexibility index (Phi) is 4.70. The minimum absolute atomic E-state index is 0.0229. The van der Waals surface area contributed by atoms with Crippen molar-refractivity contribution < 1.29 is 9.18 Å². The van der Waals surface area contributed by atoms with Gasteiger partial charge < -0.3 is 5.32 Å². The van der Waals surface area contributed by atoms with E-state index in [0.717, 1.165) is 0 Å². The van der Waals surface area contributed by atoms with Crippen molar-refractivity contribution in [3.63, 3.8) is 0 Å². The molecule has 2 aromatic rings. The van der Waals surface area contributed by atoms with Crippen LogP contribution in [0.3, 0.4) is 0 Å². The molecule has 0 unspecified atom stereocenters. The van der Waals surface area contributed by atoms with Gasteiger partial charge in [0.25, 0.3) is 5.91 Å². The third-order valence-corrected chi connectivity index (χ3v) is 2.88. The third kappa shape index (κ3) is 3.91. The number of para-hydroxylation sites is 1. The summed E-state index contributed by atoms with van der Waals surface area (Å²) in [6.45, 7) is 0. The second-order valence-electron chi connectivity index (χ2n) is 4.16. The molecule has 0 bridgehead atoms. The van der Waals surface area contributed by atoms with Crippen LogP contribution in [0.4, 0.5) is 10.1 Å². The van der Waals surface area contributed by atoms with Crippen molar-refractivity contribution in [2.75, 3.05) is 5.32 Å². The molecule has 104 valence electrons. The Hall–Kier alpha value is -2.64. The maximum Gasteiger partial charge on any atom is 0.266 e. The highest BCUT2D eigenvalue weighted by molar-refractivity contribution is 6.30. The quantitative estimate of drug-likeness (QED) is 0.687. The van der Waals surface area contributed by atoms with Gasteiger partial charge in [-0.05, 0) is 35.9 Å². The number of nitrogens with one attached hydrogen (secondary N) is 1. The van der Waals surface area contributed by atoms with Crippen LogP contribution in [0, 0.1) is 17.1 Å². The SMILES string of the molecule is N#C/C(=C/c1cccc(Cl)c1)C(=O)Nc1ccccc1F. The minimum atomic E-state index is -0.678. The van der Waals surface area contributed by atoms with Gasteiger partial charge in [-0.25, -0.2) is 4.39 Å². The van der Waals surface area contributed by atoms with Crippen LogP contribution in [0.25, 0.3) is 6.08 Å². The van der Waals surface area contributed by atoms with Crippen LogP contribution in [0.1, 0.15) is 5.56 Å². The van der Waals surface area contributed by atoms with Crippen LogP contribution in [0.2, 0.25) is 5.02 Å². The second kappa shape index (κ2) is 6.69. The molecule has 1 N–H and O–H groups in total. The molecule has 0 radical (unpaired) electrons. The molecule has 0 spiro atoms. The molecule has 0 heterocycles. The fourth-order valence-electron chi connectivity index (χ4n) is 1.66. The Morgan fingerprint density at radius 3 is 2.67 bits per heavy atom. The molecular weight excluding hydrogens is 291 g/mol. The number of anilines is 1. The van der Waals surface area contributed by atoms with Crippen molar-refractivity contribution in [1.29, 1.82) is 5.26 Å². The van der Waals surface area contributed by atoms with E-state index in [4.69, 9.17) is 16.9 Å². The Morgan fingerprint density at radius 1 is 1.24 bits per heavy atom. The largest absolute Gasteiger partial charge is 0.319 e. The number of carbonyl (C=O) groups is 1. The summed E-state index contributed by atoms with van der Waals surface area (Å²) in [6, 6.07) is 14.3. The van der Waals surface area contributed by atoms with Crippen molar-refractivity contribution in [3.8, 4) is 6.07 Å². The highest BCUT2D eigenvalue weighted by Crippen LogP contribution is 2.16. The number of carbonyl (C=O) groups excluding carboxylic acids is 1. The van der Waals surface area contributed by atoms with E-state index in [2.05, 4.69) is 5.32 Å². The molecule has 0 atom stereocenters. The van der Waals surface area contributed by atoms with Crippen LogP contribution >= 0.6 is 11.6 Å². The lowest BCUT2D eigenvalue weighted by molar-refractivity contribution is -0.112. The number of nitriles is 1. The van der Waals surface area contributed by atoms with Gasteiger partial charge in [-0.15, -0.1) is 0 Å². The molecule has 0 aromatic heterocycles. The summed E-state index contributed by atoms with van der Waals surface area (Å²) in [4.78, 5) is 12.0. The summed E-state index contributed by atoms with van der Waals surface area (Å²) in [7, 11) is 0. The summed E-state index contributed by atoms with van der Waals surface area (Å²) in [6.07, 6.45) is 1.39. The predicted molar refractivity (Wildman–Crippen MR) is 80.1 cm³/mol. The average molecular weight is 301 g/mol. The zero-order chi connectivity index (χ0) is 15.2. The van der Waals surface area contributed by atoms with Gasteiger partial charge >= 0.3 is 0 Å². The maximum atomic E-state index is 13.5. The fourth-order valence-corrected chi connectivity index (χ4v) is 1.86. The van der Waals surface area contributed by atoms with Crippen molar-refractivity contribution in [3.05, 3.63) is 70.5 Å². The number of hydrogen-bond donors (Lipinski definition) is 1. The van der Waals surface area contributed by atoms with E-state index >= 15 is 0 Å². The van der Waals surface area contributed by atoms with Gasteiger partial charge in [0.15, 0.2) is 0 Å². The van der Waals surface area contributed by atoms with E-state index < -0.39 is 11.7 Å². The van der Waals surface area contributed by atoms with Crippen LogP contribution in [0.5, 0.6) is 0 Å². The Labute approximate surface area is 126 Å². The van der Waals surface area contributed by atoms with Gasteiger partial charge in [-0.3, -0.25) is 4.79 Å². The normalized spacial score (nSPS) is 10.8. The number of hydrogen-bond acceptors (Lipinski definition) is 2. The first kappa shape index (κ1) is 14.8. The number of rotatable bonds is 3. The van der Waals surface area contributed by atoms with Crippen LogP contribution in [0.15, 0.2) is 54.1 Å².